The second kappa shape index (κ2) is 10.6. The van der Waals surface area contributed by atoms with Crippen molar-refractivity contribution in [3.63, 3.8) is 0 Å². The fraction of sp³-hybridized carbons (Fsp3) is 0.304. The molecule has 0 radical (unpaired) electrons. The molecule has 0 aliphatic carbocycles. The van der Waals surface area contributed by atoms with Crippen LogP contribution in [-0.2, 0) is 6.54 Å². The fourth-order valence-electron chi connectivity index (χ4n) is 2.98. The first-order valence-corrected chi connectivity index (χ1v) is 10.9. The second-order valence-corrected chi connectivity index (χ2v) is 7.16. The molecule has 7 heteroatoms. The highest BCUT2D eigenvalue weighted by molar-refractivity contribution is 7.08. The summed E-state index contributed by atoms with van der Waals surface area (Å²) in [6, 6.07) is 7.46. The number of benzene rings is 1. The third kappa shape index (κ3) is 5.30. The van der Waals surface area contributed by atoms with Gasteiger partial charge in [-0.2, -0.15) is 11.3 Å². The summed E-state index contributed by atoms with van der Waals surface area (Å²) >= 11 is 1.64. The number of rotatable bonds is 10. The van der Waals surface area contributed by atoms with Gasteiger partial charge in [-0.05, 0) is 66.9 Å². The van der Waals surface area contributed by atoms with E-state index in [1.807, 2.05) is 38.4 Å². The second-order valence-electron chi connectivity index (χ2n) is 6.38. The normalized spacial score (nSPS) is 10.5. The van der Waals surface area contributed by atoms with Crippen molar-refractivity contribution in [2.45, 2.75) is 27.3 Å². The number of amides is 1. The minimum atomic E-state index is -0.221. The minimum Gasteiger partial charge on any atom is -0.490 e. The zero-order chi connectivity index (χ0) is 21.3. The average Bonchev–Trinajstić information content (AvgIpc) is 3.30. The Morgan fingerprint density at radius 1 is 0.967 bits per heavy atom. The predicted octanol–water partition coefficient (Wildman–Crippen LogP) is 4.94. The molecule has 0 saturated carbocycles. The van der Waals surface area contributed by atoms with Crippen LogP contribution in [0.3, 0.4) is 0 Å². The Hall–Kier alpha value is -3.06. The summed E-state index contributed by atoms with van der Waals surface area (Å²) in [7, 11) is 0. The first-order valence-electron chi connectivity index (χ1n) is 9.97. The van der Waals surface area contributed by atoms with Crippen LogP contribution in [0.5, 0.6) is 17.2 Å². The van der Waals surface area contributed by atoms with Gasteiger partial charge in [0.15, 0.2) is 11.5 Å². The van der Waals surface area contributed by atoms with Crippen molar-refractivity contribution < 1.29 is 19.0 Å². The van der Waals surface area contributed by atoms with Gasteiger partial charge in [-0.3, -0.25) is 9.78 Å². The van der Waals surface area contributed by atoms with Gasteiger partial charge in [0.25, 0.3) is 5.91 Å². The molecule has 0 aliphatic heterocycles. The summed E-state index contributed by atoms with van der Waals surface area (Å²) in [5.74, 6) is 1.29. The summed E-state index contributed by atoms with van der Waals surface area (Å²) in [4.78, 5) is 17.1. The van der Waals surface area contributed by atoms with Gasteiger partial charge in [0.1, 0.15) is 0 Å². The van der Waals surface area contributed by atoms with E-state index in [2.05, 4.69) is 21.7 Å². The Balaban J connectivity index is 1.78. The number of hydrogen-bond acceptors (Lipinski definition) is 6. The van der Waals surface area contributed by atoms with E-state index in [9.17, 15) is 4.79 Å². The third-order valence-corrected chi connectivity index (χ3v) is 4.96. The Labute approximate surface area is 180 Å². The molecule has 0 bridgehead atoms. The topological polar surface area (TPSA) is 69.7 Å². The Bertz CT molecular complexity index is 946. The van der Waals surface area contributed by atoms with E-state index in [0.29, 0.717) is 49.2 Å². The van der Waals surface area contributed by atoms with Gasteiger partial charge < -0.3 is 19.5 Å². The molecule has 6 nitrogen and oxygen atoms in total. The standard InChI is InChI=1S/C23H26N2O4S/c1-4-27-20-10-18(11-21(28-5-2)22(20)29-6-3)23(26)25-13-16-9-19(14-24-12-16)17-7-8-30-15-17/h7-12,14-15H,4-6,13H2,1-3H3,(H,25,26). The third-order valence-electron chi connectivity index (χ3n) is 4.27. The van der Waals surface area contributed by atoms with Gasteiger partial charge >= 0.3 is 0 Å². The lowest BCUT2D eigenvalue weighted by Crippen LogP contribution is -2.23. The van der Waals surface area contributed by atoms with Crippen molar-refractivity contribution in [2.24, 2.45) is 0 Å². The summed E-state index contributed by atoms with van der Waals surface area (Å²) in [6.45, 7) is 7.41. The van der Waals surface area contributed by atoms with Gasteiger partial charge in [-0.15, -0.1) is 0 Å². The number of aromatic nitrogens is 1. The maximum absolute atomic E-state index is 12.8. The summed E-state index contributed by atoms with van der Waals surface area (Å²) in [5, 5.41) is 7.05. The monoisotopic (exact) mass is 426 g/mol. The van der Waals surface area contributed by atoms with E-state index in [1.165, 1.54) is 0 Å². The lowest BCUT2D eigenvalue weighted by Gasteiger charge is -2.17. The van der Waals surface area contributed by atoms with E-state index in [1.54, 1.807) is 29.7 Å². The molecule has 0 spiro atoms. The van der Waals surface area contributed by atoms with Crippen LogP contribution < -0.4 is 19.5 Å². The van der Waals surface area contributed by atoms with Crippen LogP contribution in [0.25, 0.3) is 11.1 Å². The maximum Gasteiger partial charge on any atom is 0.251 e. The summed E-state index contributed by atoms with van der Waals surface area (Å²) < 4.78 is 17.1. The van der Waals surface area contributed by atoms with Gasteiger partial charge in [-0.25, -0.2) is 0 Å². The van der Waals surface area contributed by atoms with Crippen molar-refractivity contribution in [1.29, 1.82) is 0 Å². The largest absolute Gasteiger partial charge is 0.490 e. The quantitative estimate of drug-likeness (QED) is 0.497. The van der Waals surface area contributed by atoms with Gasteiger partial charge in [-0.1, -0.05) is 0 Å². The van der Waals surface area contributed by atoms with Gasteiger partial charge in [0, 0.05) is 30.1 Å². The SMILES string of the molecule is CCOc1cc(C(=O)NCc2cncc(-c3ccsc3)c2)cc(OCC)c1OCC. The lowest BCUT2D eigenvalue weighted by atomic mass is 10.1. The van der Waals surface area contributed by atoms with Crippen molar-refractivity contribution in [3.8, 4) is 28.4 Å². The Morgan fingerprint density at radius 2 is 1.67 bits per heavy atom. The molecule has 2 heterocycles. The number of thiophene rings is 1. The van der Waals surface area contributed by atoms with Gasteiger partial charge in [0.05, 0.1) is 19.8 Å². The number of ether oxygens (including phenoxy) is 3. The minimum absolute atomic E-state index is 0.221. The molecule has 0 atom stereocenters. The van der Waals surface area contributed by atoms with Crippen molar-refractivity contribution in [3.05, 3.63) is 58.5 Å². The number of nitrogens with one attached hydrogen (secondary N) is 1. The highest BCUT2D eigenvalue weighted by Gasteiger charge is 2.18. The average molecular weight is 427 g/mol. The molecule has 30 heavy (non-hydrogen) atoms. The van der Waals surface area contributed by atoms with E-state index < -0.39 is 0 Å². The number of pyridine rings is 1. The molecule has 2 aromatic heterocycles. The molecule has 0 aliphatic rings. The van der Waals surface area contributed by atoms with E-state index in [-0.39, 0.29) is 5.91 Å². The number of hydrogen-bond donors (Lipinski definition) is 1. The van der Waals surface area contributed by atoms with Crippen LogP contribution in [0.4, 0.5) is 0 Å². The van der Waals surface area contributed by atoms with Gasteiger partial charge in [0.2, 0.25) is 5.75 Å². The summed E-state index contributed by atoms with van der Waals surface area (Å²) in [6.07, 6.45) is 3.58. The Kier molecular flexibility index (Phi) is 7.68. The molecule has 1 amide bonds. The Morgan fingerprint density at radius 3 is 2.27 bits per heavy atom. The molecule has 3 aromatic rings. The van der Waals surface area contributed by atoms with Crippen LogP contribution in [0.2, 0.25) is 0 Å². The molecule has 158 valence electrons. The van der Waals surface area contributed by atoms with E-state index in [4.69, 9.17) is 14.2 Å². The van der Waals surface area contributed by atoms with E-state index >= 15 is 0 Å². The molecular formula is C23H26N2O4S. The highest BCUT2D eigenvalue weighted by atomic mass is 32.1. The molecule has 1 aromatic carbocycles. The molecule has 3 rings (SSSR count). The van der Waals surface area contributed by atoms with Crippen LogP contribution in [0.15, 0.2) is 47.4 Å². The van der Waals surface area contributed by atoms with Crippen molar-refractivity contribution in [1.82, 2.24) is 10.3 Å². The van der Waals surface area contributed by atoms with E-state index in [0.717, 1.165) is 16.7 Å². The van der Waals surface area contributed by atoms with Crippen LogP contribution in [0.1, 0.15) is 36.7 Å². The van der Waals surface area contributed by atoms with Crippen molar-refractivity contribution >= 4 is 17.2 Å². The molecule has 0 unspecified atom stereocenters. The van der Waals surface area contributed by atoms with Crippen LogP contribution in [-0.4, -0.2) is 30.7 Å². The maximum atomic E-state index is 12.8. The molecular weight excluding hydrogens is 400 g/mol. The number of carbonyl (C=O) groups excluding carboxylic acids is 1. The zero-order valence-electron chi connectivity index (χ0n) is 17.4. The highest BCUT2D eigenvalue weighted by Crippen LogP contribution is 2.39. The first kappa shape index (κ1) is 21.6. The lowest BCUT2D eigenvalue weighted by molar-refractivity contribution is 0.0949. The zero-order valence-corrected chi connectivity index (χ0v) is 18.3. The molecule has 0 fully saturated rings. The fourth-order valence-corrected chi connectivity index (χ4v) is 3.64. The van der Waals surface area contributed by atoms with Crippen LogP contribution >= 0.6 is 11.3 Å². The predicted molar refractivity (Wildman–Crippen MR) is 119 cm³/mol. The van der Waals surface area contributed by atoms with Crippen LogP contribution in [0, 0.1) is 0 Å². The summed E-state index contributed by atoms with van der Waals surface area (Å²) in [5.41, 5.74) is 3.52. The smallest absolute Gasteiger partial charge is 0.251 e. The van der Waals surface area contributed by atoms with Crippen molar-refractivity contribution in [2.75, 3.05) is 19.8 Å². The number of nitrogens with zero attached hydrogens (tertiary/aromatic N) is 1. The first-order chi connectivity index (χ1) is 14.7. The molecule has 0 saturated heterocycles. The number of carbonyl (C=O) groups is 1. The molecule has 1 N–H and O–H groups in total.